The number of nitrogens with zero attached hydrogens (tertiary/aromatic N) is 1. The Hall–Kier alpha value is -1.88. The lowest BCUT2D eigenvalue weighted by Crippen LogP contribution is -2.53. The van der Waals surface area contributed by atoms with Crippen molar-refractivity contribution in [2.45, 2.75) is 31.2 Å². The first-order valence-electron chi connectivity index (χ1n) is 7.10. The number of hydrogen-bond acceptors (Lipinski definition) is 3. The van der Waals surface area contributed by atoms with Crippen LogP contribution in [0.5, 0.6) is 0 Å². The lowest BCUT2D eigenvalue weighted by atomic mass is 9.87. The molecule has 0 atom stereocenters. The van der Waals surface area contributed by atoms with Crippen LogP contribution in [0.25, 0.3) is 0 Å². The van der Waals surface area contributed by atoms with E-state index in [0.29, 0.717) is 13.1 Å². The summed E-state index contributed by atoms with van der Waals surface area (Å²) in [6.07, 6.45) is 4.08. The van der Waals surface area contributed by atoms with Crippen molar-refractivity contribution < 1.29 is 9.59 Å². The summed E-state index contributed by atoms with van der Waals surface area (Å²) in [7, 11) is 0. The normalized spacial score (nSPS) is 21.9. The summed E-state index contributed by atoms with van der Waals surface area (Å²) in [5, 5.41) is 2.57. The van der Waals surface area contributed by atoms with Crippen molar-refractivity contribution in [3.05, 3.63) is 29.8 Å². The van der Waals surface area contributed by atoms with E-state index in [4.69, 9.17) is 5.73 Å². The molecule has 106 valence electrons. The van der Waals surface area contributed by atoms with Gasteiger partial charge in [0, 0.05) is 24.3 Å². The monoisotopic (exact) mass is 273 g/mol. The molecule has 2 aliphatic rings. The van der Waals surface area contributed by atoms with E-state index in [9.17, 15) is 9.59 Å². The summed E-state index contributed by atoms with van der Waals surface area (Å²) in [5.74, 6) is -1.03. The quantitative estimate of drug-likeness (QED) is 0.785. The van der Waals surface area contributed by atoms with Gasteiger partial charge in [-0.05, 0) is 24.5 Å². The highest BCUT2D eigenvalue weighted by molar-refractivity contribution is 6.41. The van der Waals surface area contributed by atoms with Crippen molar-refractivity contribution >= 4 is 17.5 Å². The summed E-state index contributed by atoms with van der Waals surface area (Å²) in [5.41, 5.74) is 7.93. The van der Waals surface area contributed by atoms with Gasteiger partial charge in [0.05, 0.1) is 0 Å². The highest BCUT2D eigenvalue weighted by Crippen LogP contribution is 2.40. The lowest BCUT2D eigenvalue weighted by Gasteiger charge is -2.33. The number of anilines is 1. The molecule has 1 saturated carbocycles. The lowest BCUT2D eigenvalue weighted by molar-refractivity contribution is -0.138. The molecule has 0 unspecified atom stereocenters. The zero-order valence-electron chi connectivity index (χ0n) is 11.4. The predicted octanol–water partition coefficient (Wildman–Crippen LogP) is 0.877. The molecule has 5 nitrogen and oxygen atoms in total. The molecule has 1 aromatic carbocycles. The van der Waals surface area contributed by atoms with E-state index >= 15 is 0 Å². The first-order chi connectivity index (χ1) is 9.62. The zero-order chi connectivity index (χ0) is 14.2. The van der Waals surface area contributed by atoms with Crippen molar-refractivity contribution in [2.75, 3.05) is 18.0 Å². The molecule has 20 heavy (non-hydrogen) atoms. The van der Waals surface area contributed by atoms with Crippen LogP contribution in [-0.2, 0) is 15.1 Å². The molecule has 1 saturated heterocycles. The minimum Gasteiger partial charge on any atom is -0.346 e. The van der Waals surface area contributed by atoms with Crippen LogP contribution in [0.1, 0.15) is 31.2 Å². The SMILES string of the molecule is NC1(c2ccccc2N2CCNC(=O)C2=O)CCCC1. The Bertz CT molecular complexity index is 550. The van der Waals surface area contributed by atoms with Gasteiger partial charge in [-0.25, -0.2) is 0 Å². The molecule has 2 fully saturated rings. The fourth-order valence-electron chi connectivity index (χ4n) is 3.22. The maximum Gasteiger partial charge on any atom is 0.316 e. The average molecular weight is 273 g/mol. The van der Waals surface area contributed by atoms with Gasteiger partial charge >= 0.3 is 11.8 Å². The van der Waals surface area contributed by atoms with Crippen LogP contribution >= 0.6 is 0 Å². The Labute approximate surface area is 118 Å². The molecule has 1 heterocycles. The zero-order valence-corrected chi connectivity index (χ0v) is 11.4. The smallest absolute Gasteiger partial charge is 0.316 e. The van der Waals surface area contributed by atoms with E-state index < -0.39 is 11.8 Å². The first kappa shape index (κ1) is 13.1. The second-order valence-corrected chi connectivity index (χ2v) is 5.59. The molecule has 0 spiro atoms. The number of hydrogen-bond donors (Lipinski definition) is 2. The average Bonchev–Trinajstić information content (AvgIpc) is 2.90. The van der Waals surface area contributed by atoms with Gasteiger partial charge in [-0.1, -0.05) is 31.0 Å². The molecule has 2 amide bonds. The fraction of sp³-hybridized carbons (Fsp3) is 0.467. The predicted molar refractivity (Wildman–Crippen MR) is 76.1 cm³/mol. The van der Waals surface area contributed by atoms with E-state index in [1.165, 1.54) is 0 Å². The van der Waals surface area contributed by atoms with Gasteiger partial charge in [-0.15, -0.1) is 0 Å². The summed E-state index contributed by atoms with van der Waals surface area (Å²) in [6, 6.07) is 7.70. The van der Waals surface area contributed by atoms with Crippen molar-refractivity contribution in [3.8, 4) is 0 Å². The highest BCUT2D eigenvalue weighted by Gasteiger charge is 2.36. The standard InChI is InChI=1S/C15H19N3O2/c16-15(7-3-4-8-15)11-5-1-2-6-12(11)18-10-9-17-13(19)14(18)20/h1-2,5-6H,3-4,7-10,16H2,(H,17,19). The van der Waals surface area contributed by atoms with Crippen LogP contribution in [0.4, 0.5) is 5.69 Å². The number of para-hydroxylation sites is 1. The minimum atomic E-state index is -0.538. The molecule has 5 heteroatoms. The number of carbonyl (C=O) groups excluding carboxylic acids is 2. The van der Waals surface area contributed by atoms with Gasteiger partial charge in [0.25, 0.3) is 0 Å². The largest absolute Gasteiger partial charge is 0.346 e. The Morgan fingerprint density at radius 2 is 1.85 bits per heavy atom. The molecule has 1 aliphatic heterocycles. The van der Waals surface area contributed by atoms with Crippen molar-refractivity contribution in [2.24, 2.45) is 5.73 Å². The summed E-state index contributed by atoms with van der Waals surface area (Å²) in [6.45, 7) is 0.980. The number of benzene rings is 1. The highest BCUT2D eigenvalue weighted by atomic mass is 16.2. The van der Waals surface area contributed by atoms with Crippen molar-refractivity contribution in [1.82, 2.24) is 5.32 Å². The summed E-state index contributed by atoms with van der Waals surface area (Å²) < 4.78 is 0. The van der Waals surface area contributed by atoms with Crippen molar-refractivity contribution in [3.63, 3.8) is 0 Å². The third-order valence-corrected chi connectivity index (χ3v) is 4.29. The molecule has 0 aromatic heterocycles. The number of piperazine rings is 1. The van der Waals surface area contributed by atoms with Gasteiger partial charge in [-0.3, -0.25) is 9.59 Å². The maximum atomic E-state index is 12.1. The molecular weight excluding hydrogens is 254 g/mol. The Morgan fingerprint density at radius 3 is 2.60 bits per heavy atom. The third kappa shape index (κ3) is 2.08. The Morgan fingerprint density at radius 1 is 1.15 bits per heavy atom. The van der Waals surface area contributed by atoms with Crippen LogP contribution in [0, 0.1) is 0 Å². The molecule has 3 rings (SSSR count). The Kier molecular flexibility index (Phi) is 3.22. The number of rotatable bonds is 2. The van der Waals surface area contributed by atoms with E-state index in [1.54, 1.807) is 4.90 Å². The van der Waals surface area contributed by atoms with Crippen LogP contribution in [0.15, 0.2) is 24.3 Å². The van der Waals surface area contributed by atoms with Crippen LogP contribution in [0.2, 0.25) is 0 Å². The number of nitrogens with one attached hydrogen (secondary N) is 1. The van der Waals surface area contributed by atoms with Gasteiger partial charge in [0.2, 0.25) is 0 Å². The van der Waals surface area contributed by atoms with E-state index in [1.807, 2.05) is 24.3 Å². The van der Waals surface area contributed by atoms with Crippen LogP contribution in [-0.4, -0.2) is 24.9 Å². The minimum absolute atomic E-state index is 0.370. The molecule has 0 radical (unpaired) electrons. The number of nitrogens with two attached hydrogens (primary N) is 1. The molecule has 0 bridgehead atoms. The van der Waals surface area contributed by atoms with Crippen molar-refractivity contribution in [1.29, 1.82) is 0 Å². The van der Waals surface area contributed by atoms with Crippen LogP contribution in [0.3, 0.4) is 0 Å². The van der Waals surface area contributed by atoms with Gasteiger partial charge in [0.1, 0.15) is 0 Å². The number of amides is 2. The molecule has 1 aromatic rings. The fourth-order valence-corrected chi connectivity index (χ4v) is 3.22. The molecule has 3 N–H and O–H groups in total. The Balaban J connectivity index is 2.01. The summed E-state index contributed by atoms with van der Waals surface area (Å²) in [4.78, 5) is 25.2. The van der Waals surface area contributed by atoms with E-state index in [-0.39, 0.29) is 5.54 Å². The van der Waals surface area contributed by atoms with Gasteiger partial charge in [0.15, 0.2) is 0 Å². The van der Waals surface area contributed by atoms with E-state index in [2.05, 4.69) is 5.32 Å². The van der Waals surface area contributed by atoms with Crippen LogP contribution < -0.4 is 16.0 Å². The molecule has 1 aliphatic carbocycles. The second-order valence-electron chi connectivity index (χ2n) is 5.59. The molecular formula is C15H19N3O2. The van der Waals surface area contributed by atoms with Gasteiger partial charge < -0.3 is 16.0 Å². The van der Waals surface area contributed by atoms with E-state index in [0.717, 1.165) is 36.9 Å². The number of carbonyl (C=O) groups is 2. The topological polar surface area (TPSA) is 75.4 Å². The first-order valence-corrected chi connectivity index (χ1v) is 7.10. The third-order valence-electron chi connectivity index (χ3n) is 4.29. The maximum absolute atomic E-state index is 12.1. The second kappa shape index (κ2) is 4.90. The van der Waals surface area contributed by atoms with Gasteiger partial charge in [-0.2, -0.15) is 0 Å². The summed E-state index contributed by atoms with van der Waals surface area (Å²) >= 11 is 0.